The summed E-state index contributed by atoms with van der Waals surface area (Å²) in [6.07, 6.45) is 4.28. The van der Waals surface area contributed by atoms with E-state index >= 15 is 4.39 Å². The molecule has 332 valence electrons. The first kappa shape index (κ1) is 47.0. The van der Waals surface area contributed by atoms with Crippen LogP contribution in [0.25, 0.3) is 44.1 Å². The summed E-state index contributed by atoms with van der Waals surface area (Å²) in [5.74, 6) is -4.19. The molecular formula is C40H42F4N6O10S2. The van der Waals surface area contributed by atoms with Gasteiger partial charge >= 0.3 is 0 Å². The van der Waals surface area contributed by atoms with E-state index < -0.39 is 64.3 Å². The summed E-state index contributed by atoms with van der Waals surface area (Å²) in [7, 11) is -4.94. The number of amides is 2. The smallest absolute Gasteiger partial charge is 0.264 e. The maximum absolute atomic E-state index is 15.1. The lowest BCUT2D eigenvalue weighted by Gasteiger charge is -2.24. The van der Waals surface area contributed by atoms with Crippen LogP contribution in [0.15, 0.2) is 73.1 Å². The Bertz CT molecular complexity index is 2860. The molecule has 16 nitrogen and oxygen atoms in total. The van der Waals surface area contributed by atoms with Crippen molar-refractivity contribution in [2.45, 2.75) is 49.3 Å². The largest absolute Gasteiger partial charge is 0.497 e. The van der Waals surface area contributed by atoms with Crippen LogP contribution >= 0.6 is 0 Å². The van der Waals surface area contributed by atoms with Crippen LogP contribution < -0.4 is 20.4 Å². The van der Waals surface area contributed by atoms with Crippen LogP contribution in [0, 0.1) is 23.3 Å². The second kappa shape index (κ2) is 18.1. The molecule has 4 aromatic carbocycles. The number of ether oxygens (including phenoxy) is 2. The second-order valence-corrected chi connectivity index (χ2v) is 19.5. The maximum atomic E-state index is 15.1. The third-order valence-electron chi connectivity index (χ3n) is 10.7. The highest BCUT2D eigenvalue weighted by Crippen LogP contribution is 2.34. The molecule has 4 N–H and O–H groups in total. The molecule has 0 aliphatic carbocycles. The van der Waals surface area contributed by atoms with Gasteiger partial charge in [0.05, 0.1) is 30.6 Å². The van der Waals surface area contributed by atoms with E-state index in [9.17, 15) is 39.6 Å². The number of sulfone groups is 2. The average Bonchev–Trinajstić information content (AvgIpc) is 3.84. The minimum atomic E-state index is -3.88. The quantitative estimate of drug-likeness (QED) is 0.0615. The number of rotatable bonds is 14. The fourth-order valence-electron chi connectivity index (χ4n) is 6.36. The molecule has 22 heteroatoms. The van der Waals surface area contributed by atoms with Crippen molar-refractivity contribution in [2.24, 2.45) is 0 Å². The number of hydroxylamine groups is 2. The number of nitrogens with zero attached hydrogens (tertiary/aromatic N) is 4. The van der Waals surface area contributed by atoms with Crippen LogP contribution in [0.2, 0.25) is 0 Å². The van der Waals surface area contributed by atoms with Crippen molar-refractivity contribution >= 4 is 53.3 Å². The van der Waals surface area contributed by atoms with E-state index in [1.165, 1.54) is 97.1 Å². The summed E-state index contributed by atoms with van der Waals surface area (Å²) >= 11 is 0. The zero-order valence-electron chi connectivity index (χ0n) is 34.0. The summed E-state index contributed by atoms with van der Waals surface area (Å²) in [5, 5.41) is 26.8. The lowest BCUT2D eigenvalue weighted by atomic mass is 10.0. The molecule has 2 heterocycles. The van der Waals surface area contributed by atoms with Gasteiger partial charge in [0.15, 0.2) is 29.2 Å². The SMILES string of the molecule is COc1ccc(-c2cc3cn(CC[C@](C)(C(=O)NO)S(C)(=O)=O)nc3cc2F)c(F)c1.COc1ccc(-c2ccc3nn(CC[C@](C)(C(=O)NO)S(C)(=O)=O)cc3c2F)c(F)c1. The number of methoxy groups -OCH3 is 2. The number of aromatic nitrogens is 4. The number of aryl methyl sites for hydroxylation is 2. The molecule has 0 radical (unpaired) electrons. The molecule has 2 amide bonds. The van der Waals surface area contributed by atoms with E-state index in [0.717, 1.165) is 30.7 Å². The van der Waals surface area contributed by atoms with Gasteiger partial charge in [0.25, 0.3) is 11.8 Å². The number of benzene rings is 4. The van der Waals surface area contributed by atoms with Crippen LogP contribution in [0.5, 0.6) is 11.5 Å². The monoisotopic (exact) mass is 906 g/mol. The molecule has 0 spiro atoms. The predicted molar refractivity (Wildman–Crippen MR) is 219 cm³/mol. The molecule has 62 heavy (non-hydrogen) atoms. The topological polar surface area (TPSA) is 221 Å². The Hall–Kier alpha value is -6.10. The highest BCUT2D eigenvalue weighted by atomic mass is 32.2. The van der Waals surface area contributed by atoms with Gasteiger partial charge < -0.3 is 9.47 Å². The van der Waals surface area contributed by atoms with Crippen molar-refractivity contribution in [1.82, 2.24) is 30.5 Å². The number of fused-ring (bicyclic) bond motifs is 2. The van der Waals surface area contributed by atoms with Crippen LogP contribution in [-0.4, -0.2) is 94.9 Å². The minimum absolute atomic E-state index is 0.000477. The number of carbonyl (C=O) groups excluding carboxylic acids is 2. The van der Waals surface area contributed by atoms with Gasteiger partial charge in [-0.05, 0) is 69.2 Å². The van der Waals surface area contributed by atoms with Gasteiger partial charge in [0.2, 0.25) is 0 Å². The summed E-state index contributed by atoms with van der Waals surface area (Å²) in [4.78, 5) is 23.9. The van der Waals surface area contributed by atoms with Crippen molar-refractivity contribution in [2.75, 3.05) is 26.7 Å². The zero-order valence-corrected chi connectivity index (χ0v) is 35.7. The lowest BCUT2D eigenvalue weighted by Crippen LogP contribution is -2.49. The van der Waals surface area contributed by atoms with Crippen molar-refractivity contribution in [3.05, 3.63) is 96.3 Å². The fourth-order valence-corrected chi connectivity index (χ4v) is 8.05. The number of nitrogens with one attached hydrogen (secondary N) is 2. The lowest BCUT2D eigenvalue weighted by molar-refractivity contribution is -0.132. The Morgan fingerprint density at radius 1 is 0.645 bits per heavy atom. The molecule has 2 aromatic heterocycles. The predicted octanol–water partition coefficient (Wildman–Crippen LogP) is 5.38. The van der Waals surface area contributed by atoms with Crippen molar-refractivity contribution in [3.63, 3.8) is 0 Å². The average molecular weight is 907 g/mol. The summed E-state index contributed by atoms with van der Waals surface area (Å²) in [6, 6.07) is 13.7. The number of hydrogen-bond donors (Lipinski definition) is 4. The summed E-state index contributed by atoms with van der Waals surface area (Å²) in [6.45, 7) is 2.33. The Morgan fingerprint density at radius 2 is 1.08 bits per heavy atom. The first-order valence-corrected chi connectivity index (χ1v) is 22.1. The highest BCUT2D eigenvalue weighted by Gasteiger charge is 2.44. The van der Waals surface area contributed by atoms with Crippen LogP contribution in [-0.2, 0) is 42.4 Å². The molecule has 0 aliphatic rings. The normalized spacial score (nSPS) is 13.7. The Balaban J connectivity index is 0.000000234. The van der Waals surface area contributed by atoms with E-state index in [1.54, 1.807) is 6.20 Å². The highest BCUT2D eigenvalue weighted by molar-refractivity contribution is 7.93. The molecule has 6 aromatic rings. The van der Waals surface area contributed by atoms with E-state index in [2.05, 4.69) is 10.2 Å². The molecule has 0 saturated heterocycles. The number of halogens is 4. The van der Waals surface area contributed by atoms with Gasteiger partial charge in [-0.1, -0.05) is 0 Å². The molecule has 0 aliphatic heterocycles. The molecular weight excluding hydrogens is 865 g/mol. The van der Waals surface area contributed by atoms with E-state index in [0.29, 0.717) is 16.9 Å². The van der Waals surface area contributed by atoms with E-state index in [4.69, 9.17) is 19.9 Å². The summed E-state index contributed by atoms with van der Waals surface area (Å²) < 4.78 is 116. The van der Waals surface area contributed by atoms with Gasteiger partial charge in [-0.2, -0.15) is 10.2 Å². The van der Waals surface area contributed by atoms with Crippen molar-refractivity contribution in [3.8, 4) is 33.8 Å². The molecule has 0 saturated carbocycles. The molecule has 0 fully saturated rings. The minimum Gasteiger partial charge on any atom is -0.497 e. The molecule has 6 rings (SSSR count). The Labute approximate surface area is 352 Å². The van der Waals surface area contributed by atoms with Crippen LogP contribution in [0.4, 0.5) is 17.6 Å². The number of carbonyl (C=O) groups is 2. The van der Waals surface area contributed by atoms with E-state index in [1.807, 2.05) is 0 Å². The second-order valence-electron chi connectivity index (χ2n) is 14.6. The number of hydrogen-bond acceptors (Lipinski definition) is 12. The first-order valence-electron chi connectivity index (χ1n) is 18.3. The van der Waals surface area contributed by atoms with Crippen molar-refractivity contribution in [1.29, 1.82) is 0 Å². The molecule has 2 atom stereocenters. The standard InChI is InChI=1S/2C20H21F2N3O5S/c1-20(19(26)24-27,31(3,28)29)6-7-25-11-12-8-15(17(22)10-18(12)23-25)14-5-4-13(30-2)9-16(14)21;1-20(19(26)24-27,31(3,28)29)8-9-25-11-15-17(23-25)7-6-14(18(15)22)13-5-4-12(30-2)10-16(13)21/h4-5,8-11,27H,6-7H2,1-3H3,(H,24,26);4-7,10-11,27H,8-9H2,1-3H3,(H,24,26)/t2*20-/m11/s1. The fraction of sp³-hybridized carbons (Fsp3) is 0.300. The van der Waals surface area contributed by atoms with Crippen LogP contribution in [0.1, 0.15) is 26.7 Å². The van der Waals surface area contributed by atoms with Crippen molar-refractivity contribution < 1.29 is 63.9 Å². The summed E-state index contributed by atoms with van der Waals surface area (Å²) in [5.41, 5.74) is 3.49. The third kappa shape index (κ3) is 9.37. The van der Waals surface area contributed by atoms with Gasteiger partial charge in [-0.15, -0.1) is 0 Å². The Kier molecular flexibility index (Phi) is 13.7. The molecule has 0 unspecified atom stereocenters. The van der Waals surface area contributed by atoms with Gasteiger partial charge in [0, 0.05) is 83.8 Å². The third-order valence-corrected chi connectivity index (χ3v) is 14.7. The van der Waals surface area contributed by atoms with Gasteiger partial charge in [-0.3, -0.25) is 29.4 Å². The van der Waals surface area contributed by atoms with E-state index in [-0.39, 0.29) is 64.6 Å². The van der Waals surface area contributed by atoms with Crippen LogP contribution in [0.3, 0.4) is 0 Å². The maximum Gasteiger partial charge on any atom is 0.264 e. The zero-order chi connectivity index (χ0) is 45.9. The van der Waals surface area contributed by atoms with Gasteiger partial charge in [-0.25, -0.2) is 45.4 Å². The van der Waals surface area contributed by atoms with Gasteiger partial charge in [0.1, 0.15) is 34.8 Å². The first-order chi connectivity index (χ1) is 29.0. The Morgan fingerprint density at radius 3 is 1.53 bits per heavy atom. The molecule has 0 bridgehead atoms.